The van der Waals surface area contributed by atoms with Gasteiger partial charge in [-0.25, -0.2) is 4.79 Å². The van der Waals surface area contributed by atoms with E-state index in [4.69, 9.17) is 16.0 Å². The van der Waals surface area contributed by atoms with Crippen LogP contribution in [0.15, 0.2) is 52.0 Å². The highest BCUT2D eigenvalue weighted by Gasteiger charge is 2.25. The molecule has 0 bridgehead atoms. The lowest BCUT2D eigenvalue weighted by Gasteiger charge is -2.15. The number of nitrogens with one attached hydrogen (secondary N) is 1. The number of furan rings is 1. The van der Waals surface area contributed by atoms with Crippen LogP contribution in [0.4, 0.5) is 4.79 Å². The average molecular weight is 326 g/mol. The highest BCUT2D eigenvalue weighted by Crippen LogP contribution is 2.26. The lowest BCUT2D eigenvalue weighted by atomic mass is 10.3. The van der Waals surface area contributed by atoms with Crippen molar-refractivity contribution in [3.8, 4) is 0 Å². The van der Waals surface area contributed by atoms with Crippen molar-refractivity contribution in [2.45, 2.75) is 10.3 Å². The molecule has 0 spiro atoms. The van der Waals surface area contributed by atoms with Crippen molar-refractivity contribution >= 4 is 35.2 Å². The maximum atomic E-state index is 12.3. The molecule has 0 radical (unpaired) electrons. The van der Waals surface area contributed by atoms with Gasteiger partial charge in [0.2, 0.25) is 5.78 Å². The summed E-state index contributed by atoms with van der Waals surface area (Å²) in [6.07, 6.45) is 0.705. The number of rotatable bonds is 5. The highest BCUT2D eigenvalue weighted by atomic mass is 35.5. The number of alkyl carbamates (subject to hydrolysis) is 1. The van der Waals surface area contributed by atoms with Gasteiger partial charge in [0.25, 0.3) is 0 Å². The number of Topliss-reactive ketones (excluding diaryl/α,β-unsaturated/α-hetero) is 1. The molecule has 110 valence electrons. The van der Waals surface area contributed by atoms with E-state index >= 15 is 0 Å². The Morgan fingerprint density at radius 1 is 1.29 bits per heavy atom. The third kappa shape index (κ3) is 4.27. The van der Waals surface area contributed by atoms with E-state index in [-0.39, 0.29) is 11.5 Å². The van der Waals surface area contributed by atoms with Gasteiger partial charge in [0, 0.05) is 9.92 Å². The van der Waals surface area contributed by atoms with Crippen LogP contribution in [0.1, 0.15) is 10.6 Å². The summed E-state index contributed by atoms with van der Waals surface area (Å²) in [7, 11) is 1.23. The van der Waals surface area contributed by atoms with Gasteiger partial charge in [0.05, 0.1) is 13.4 Å². The molecular formula is C14H12ClNO4S. The van der Waals surface area contributed by atoms with Crippen molar-refractivity contribution in [3.05, 3.63) is 53.4 Å². The van der Waals surface area contributed by atoms with Crippen molar-refractivity contribution in [2.75, 3.05) is 7.11 Å². The van der Waals surface area contributed by atoms with Gasteiger partial charge in [-0.2, -0.15) is 0 Å². The van der Waals surface area contributed by atoms with E-state index in [1.165, 1.54) is 31.2 Å². The third-order valence-electron chi connectivity index (χ3n) is 2.50. The number of thioether (sulfide) groups is 1. The summed E-state index contributed by atoms with van der Waals surface area (Å²) >= 11 is 6.99. The topological polar surface area (TPSA) is 68.5 Å². The van der Waals surface area contributed by atoms with Crippen molar-refractivity contribution in [1.29, 1.82) is 0 Å². The van der Waals surface area contributed by atoms with Gasteiger partial charge in [-0.05, 0) is 36.4 Å². The molecule has 21 heavy (non-hydrogen) atoms. The zero-order valence-corrected chi connectivity index (χ0v) is 12.6. The second-order valence-corrected chi connectivity index (χ2v) is 5.54. The van der Waals surface area contributed by atoms with Gasteiger partial charge in [0.15, 0.2) is 5.76 Å². The van der Waals surface area contributed by atoms with E-state index in [1.807, 2.05) is 0 Å². The van der Waals surface area contributed by atoms with Gasteiger partial charge in [-0.15, -0.1) is 0 Å². The van der Waals surface area contributed by atoms with E-state index in [9.17, 15) is 9.59 Å². The summed E-state index contributed by atoms with van der Waals surface area (Å²) in [5.74, 6) is -0.191. The van der Waals surface area contributed by atoms with Gasteiger partial charge < -0.3 is 14.5 Å². The molecule has 0 aliphatic rings. The molecule has 1 heterocycles. The minimum Gasteiger partial charge on any atom is -0.461 e. The molecule has 1 amide bonds. The Labute approximate surface area is 130 Å². The number of methoxy groups -OCH3 is 1. The number of carbonyl (C=O) groups is 2. The molecule has 7 heteroatoms. The maximum Gasteiger partial charge on any atom is 0.408 e. The van der Waals surface area contributed by atoms with E-state index in [2.05, 4.69) is 10.1 Å². The number of ether oxygens (including phenoxy) is 1. The first-order valence-corrected chi connectivity index (χ1v) is 7.20. The third-order valence-corrected chi connectivity index (χ3v) is 3.87. The summed E-state index contributed by atoms with van der Waals surface area (Å²) in [5.41, 5.74) is 0. The van der Waals surface area contributed by atoms with Crippen molar-refractivity contribution < 1.29 is 18.7 Å². The second-order valence-electron chi connectivity index (χ2n) is 3.93. The summed E-state index contributed by atoms with van der Waals surface area (Å²) < 4.78 is 9.61. The average Bonchev–Trinajstić information content (AvgIpc) is 3.02. The van der Waals surface area contributed by atoms with Crippen molar-refractivity contribution in [2.24, 2.45) is 0 Å². The van der Waals surface area contributed by atoms with Crippen LogP contribution in [0.25, 0.3) is 0 Å². The number of hydrogen-bond acceptors (Lipinski definition) is 5. The molecule has 1 aromatic heterocycles. The summed E-state index contributed by atoms with van der Waals surface area (Å²) in [5, 5.41) is 2.21. The first kappa shape index (κ1) is 15.5. The molecule has 0 unspecified atom stereocenters. The summed E-state index contributed by atoms with van der Waals surface area (Å²) in [6.45, 7) is 0. The number of halogens is 1. The normalized spacial score (nSPS) is 11.7. The van der Waals surface area contributed by atoms with Gasteiger partial charge >= 0.3 is 6.09 Å². The van der Waals surface area contributed by atoms with E-state index in [0.29, 0.717) is 5.02 Å². The smallest absolute Gasteiger partial charge is 0.408 e. The number of benzene rings is 1. The Hall–Kier alpha value is -1.92. The molecular weight excluding hydrogens is 314 g/mol. The molecule has 0 aliphatic heterocycles. The lowest BCUT2D eigenvalue weighted by Crippen LogP contribution is -2.38. The summed E-state index contributed by atoms with van der Waals surface area (Å²) in [6, 6.07) is 10.1. The minimum atomic E-state index is -0.857. The number of amides is 1. The van der Waals surface area contributed by atoms with Gasteiger partial charge in [0.1, 0.15) is 5.37 Å². The molecule has 0 saturated carbocycles. The molecule has 0 aliphatic carbocycles. The fourth-order valence-electron chi connectivity index (χ4n) is 1.51. The van der Waals surface area contributed by atoms with Crippen LogP contribution in [0.5, 0.6) is 0 Å². The van der Waals surface area contributed by atoms with E-state index in [1.54, 1.807) is 30.3 Å². The molecule has 2 aromatic rings. The molecule has 5 nitrogen and oxygen atoms in total. The first-order valence-electron chi connectivity index (χ1n) is 5.94. The Balaban J connectivity index is 2.17. The first-order chi connectivity index (χ1) is 10.1. The van der Waals surface area contributed by atoms with Gasteiger partial charge in [-0.1, -0.05) is 23.4 Å². The lowest BCUT2D eigenvalue weighted by molar-refractivity contribution is 0.0943. The van der Waals surface area contributed by atoms with E-state index in [0.717, 1.165) is 4.90 Å². The van der Waals surface area contributed by atoms with Crippen molar-refractivity contribution in [1.82, 2.24) is 5.32 Å². The van der Waals surface area contributed by atoms with Crippen LogP contribution >= 0.6 is 23.4 Å². The van der Waals surface area contributed by atoms with Crippen LogP contribution < -0.4 is 5.32 Å². The van der Waals surface area contributed by atoms with Gasteiger partial charge in [-0.3, -0.25) is 4.79 Å². The van der Waals surface area contributed by atoms with E-state index < -0.39 is 11.5 Å². The fraction of sp³-hybridized carbons (Fsp3) is 0.143. The molecule has 0 fully saturated rings. The fourth-order valence-corrected chi connectivity index (χ4v) is 2.58. The molecule has 0 saturated heterocycles. The molecule has 1 atom stereocenters. The Kier molecular flexibility index (Phi) is 5.30. The van der Waals surface area contributed by atoms with Crippen LogP contribution in [0, 0.1) is 0 Å². The summed E-state index contributed by atoms with van der Waals surface area (Å²) in [4.78, 5) is 24.5. The monoisotopic (exact) mass is 325 g/mol. The van der Waals surface area contributed by atoms with Crippen LogP contribution in [-0.2, 0) is 4.74 Å². The van der Waals surface area contributed by atoms with Crippen molar-refractivity contribution in [3.63, 3.8) is 0 Å². The molecule has 2 rings (SSSR count). The largest absolute Gasteiger partial charge is 0.461 e. The van der Waals surface area contributed by atoms with Crippen LogP contribution in [0.3, 0.4) is 0 Å². The Morgan fingerprint density at radius 2 is 2.00 bits per heavy atom. The predicted molar refractivity (Wildman–Crippen MR) is 79.7 cm³/mol. The Bertz CT molecular complexity index is 612. The Morgan fingerprint density at radius 3 is 2.57 bits per heavy atom. The number of hydrogen-bond donors (Lipinski definition) is 1. The molecule has 1 N–H and O–H groups in total. The highest BCUT2D eigenvalue weighted by molar-refractivity contribution is 8.00. The van der Waals surface area contributed by atoms with Crippen LogP contribution in [0.2, 0.25) is 5.02 Å². The maximum absolute atomic E-state index is 12.3. The minimum absolute atomic E-state index is 0.165. The zero-order valence-electron chi connectivity index (χ0n) is 11.0. The zero-order chi connectivity index (χ0) is 15.2. The SMILES string of the molecule is COC(=O)N[C@H](Sc1ccc(Cl)cc1)C(=O)c1ccco1. The standard InChI is InChI=1S/C14H12ClNO4S/c1-19-14(18)16-13(12(17)11-3-2-8-20-11)21-10-6-4-9(15)5-7-10/h2-8,13H,1H3,(H,16,18)/t13-/m1/s1. The van der Waals surface area contributed by atoms with Crippen LogP contribution in [-0.4, -0.2) is 24.4 Å². The number of ketones is 1. The molecule has 1 aromatic carbocycles. The number of carbonyl (C=O) groups excluding carboxylic acids is 2. The second kappa shape index (κ2) is 7.19. The quantitative estimate of drug-likeness (QED) is 0.517. The predicted octanol–water partition coefficient (Wildman–Crippen LogP) is 3.59.